The van der Waals surface area contributed by atoms with Crippen LogP contribution in [0.1, 0.15) is 43.8 Å². The van der Waals surface area contributed by atoms with Crippen LogP contribution in [0.15, 0.2) is 12.3 Å². The van der Waals surface area contributed by atoms with E-state index in [0.717, 1.165) is 18.2 Å². The predicted octanol–water partition coefficient (Wildman–Crippen LogP) is 3.05. The number of hydrogen-bond donors (Lipinski definition) is 1. The molecule has 1 aromatic rings. The van der Waals surface area contributed by atoms with Crippen LogP contribution < -0.4 is 5.32 Å². The molecule has 2 saturated carbocycles. The van der Waals surface area contributed by atoms with E-state index in [1.54, 1.807) is 0 Å². The normalized spacial score (nSPS) is 21.9. The lowest BCUT2D eigenvalue weighted by Crippen LogP contribution is -2.40. The molecule has 2 aliphatic carbocycles. The zero-order chi connectivity index (χ0) is 11.7. The van der Waals surface area contributed by atoms with Crippen LogP contribution in [0.4, 0.5) is 5.82 Å². The van der Waals surface area contributed by atoms with Crippen LogP contribution in [-0.4, -0.2) is 27.5 Å². The summed E-state index contributed by atoms with van der Waals surface area (Å²) in [7, 11) is 0. The molecule has 92 valence electrons. The standard InChI is InChI=1S/C13H19N3S/c1-17-13(6-2-7-13)9-15-11-5-8-14-12(16-11)10-3-4-10/h5,8,10H,2-4,6-7,9H2,1H3,(H,14,15,16). The zero-order valence-corrected chi connectivity index (χ0v) is 11.1. The van der Waals surface area contributed by atoms with Crippen molar-refractivity contribution in [3.63, 3.8) is 0 Å². The van der Waals surface area contributed by atoms with Gasteiger partial charge in [-0.25, -0.2) is 9.97 Å². The van der Waals surface area contributed by atoms with Gasteiger partial charge in [-0.15, -0.1) is 0 Å². The number of nitrogens with one attached hydrogen (secondary N) is 1. The first kappa shape index (κ1) is 11.3. The molecule has 4 heteroatoms. The molecule has 2 aliphatic rings. The molecule has 0 radical (unpaired) electrons. The molecule has 0 saturated heterocycles. The fourth-order valence-electron chi connectivity index (χ4n) is 2.29. The van der Waals surface area contributed by atoms with Crippen molar-refractivity contribution in [1.82, 2.24) is 9.97 Å². The number of thioether (sulfide) groups is 1. The average Bonchev–Trinajstić information content (AvgIpc) is 3.12. The highest BCUT2D eigenvalue weighted by molar-refractivity contribution is 8.00. The van der Waals surface area contributed by atoms with E-state index in [9.17, 15) is 0 Å². The van der Waals surface area contributed by atoms with E-state index in [-0.39, 0.29) is 0 Å². The summed E-state index contributed by atoms with van der Waals surface area (Å²) in [5.41, 5.74) is 0. The fraction of sp³-hybridized carbons (Fsp3) is 0.692. The molecular formula is C13H19N3S. The van der Waals surface area contributed by atoms with E-state index in [4.69, 9.17) is 0 Å². The Morgan fingerprint density at radius 2 is 2.29 bits per heavy atom. The van der Waals surface area contributed by atoms with Gasteiger partial charge in [0, 0.05) is 23.4 Å². The van der Waals surface area contributed by atoms with E-state index in [0.29, 0.717) is 10.7 Å². The predicted molar refractivity (Wildman–Crippen MR) is 72.6 cm³/mol. The van der Waals surface area contributed by atoms with Gasteiger partial charge in [-0.05, 0) is 38.0 Å². The van der Waals surface area contributed by atoms with Gasteiger partial charge in [-0.2, -0.15) is 11.8 Å². The summed E-state index contributed by atoms with van der Waals surface area (Å²) in [4.78, 5) is 8.94. The Hall–Kier alpha value is -0.770. The Morgan fingerprint density at radius 1 is 1.47 bits per heavy atom. The fourth-order valence-corrected chi connectivity index (χ4v) is 3.20. The number of nitrogens with zero attached hydrogens (tertiary/aromatic N) is 2. The van der Waals surface area contributed by atoms with Crippen molar-refractivity contribution in [3.8, 4) is 0 Å². The van der Waals surface area contributed by atoms with Gasteiger partial charge in [0.25, 0.3) is 0 Å². The van der Waals surface area contributed by atoms with Crippen molar-refractivity contribution in [1.29, 1.82) is 0 Å². The molecule has 0 atom stereocenters. The summed E-state index contributed by atoms with van der Waals surface area (Å²) >= 11 is 2.00. The third-order valence-electron chi connectivity index (χ3n) is 3.91. The van der Waals surface area contributed by atoms with E-state index in [1.165, 1.54) is 32.1 Å². The maximum Gasteiger partial charge on any atom is 0.133 e. The minimum atomic E-state index is 0.463. The van der Waals surface area contributed by atoms with Crippen LogP contribution >= 0.6 is 11.8 Å². The Labute approximate surface area is 107 Å². The van der Waals surface area contributed by atoms with Crippen LogP contribution in [0.2, 0.25) is 0 Å². The molecule has 1 heterocycles. The van der Waals surface area contributed by atoms with Crippen LogP contribution in [0, 0.1) is 0 Å². The quantitative estimate of drug-likeness (QED) is 0.870. The molecule has 0 bridgehead atoms. The lowest BCUT2D eigenvalue weighted by atomic mass is 9.84. The number of aromatic nitrogens is 2. The summed E-state index contributed by atoms with van der Waals surface area (Å²) < 4.78 is 0.463. The van der Waals surface area contributed by atoms with Gasteiger partial charge in [-0.1, -0.05) is 6.42 Å². The van der Waals surface area contributed by atoms with Crippen molar-refractivity contribution in [2.75, 3.05) is 18.1 Å². The maximum absolute atomic E-state index is 4.60. The van der Waals surface area contributed by atoms with E-state index < -0.39 is 0 Å². The third kappa shape index (κ3) is 2.41. The Kier molecular flexibility index (Phi) is 2.99. The molecule has 0 aromatic carbocycles. The van der Waals surface area contributed by atoms with Crippen molar-refractivity contribution in [2.24, 2.45) is 0 Å². The Bertz CT molecular complexity index is 394. The molecule has 1 aromatic heterocycles. The second-order valence-electron chi connectivity index (χ2n) is 5.17. The first-order valence-electron chi connectivity index (χ1n) is 6.43. The number of rotatable bonds is 5. The summed E-state index contributed by atoms with van der Waals surface area (Å²) in [6.45, 7) is 1.04. The third-order valence-corrected chi connectivity index (χ3v) is 5.32. The van der Waals surface area contributed by atoms with E-state index in [1.807, 2.05) is 24.0 Å². The van der Waals surface area contributed by atoms with Gasteiger partial charge in [-0.3, -0.25) is 0 Å². The number of hydrogen-bond acceptors (Lipinski definition) is 4. The lowest BCUT2D eigenvalue weighted by Gasteiger charge is -2.40. The molecule has 2 fully saturated rings. The number of anilines is 1. The summed E-state index contributed by atoms with van der Waals surface area (Å²) in [6.07, 6.45) is 10.7. The summed E-state index contributed by atoms with van der Waals surface area (Å²) in [5, 5.41) is 3.49. The summed E-state index contributed by atoms with van der Waals surface area (Å²) in [5.74, 6) is 2.67. The molecule has 0 unspecified atom stereocenters. The molecule has 1 N–H and O–H groups in total. The van der Waals surface area contributed by atoms with Gasteiger partial charge in [0.1, 0.15) is 11.6 Å². The van der Waals surface area contributed by atoms with Gasteiger partial charge in [0.15, 0.2) is 0 Å². The maximum atomic E-state index is 4.60. The van der Waals surface area contributed by atoms with Gasteiger partial charge in [0.05, 0.1) is 0 Å². The molecule has 0 spiro atoms. The molecule has 3 rings (SSSR count). The zero-order valence-electron chi connectivity index (χ0n) is 10.3. The highest BCUT2D eigenvalue weighted by Gasteiger charge is 2.36. The first-order valence-corrected chi connectivity index (χ1v) is 7.66. The second-order valence-corrected chi connectivity index (χ2v) is 6.44. The van der Waals surface area contributed by atoms with Crippen LogP contribution in [-0.2, 0) is 0 Å². The van der Waals surface area contributed by atoms with Gasteiger partial charge in [0.2, 0.25) is 0 Å². The van der Waals surface area contributed by atoms with Crippen LogP contribution in [0.3, 0.4) is 0 Å². The van der Waals surface area contributed by atoms with Crippen molar-refractivity contribution in [3.05, 3.63) is 18.1 Å². The molecule has 0 amide bonds. The lowest BCUT2D eigenvalue weighted by molar-refractivity contribution is 0.379. The Balaban J connectivity index is 1.62. The largest absolute Gasteiger partial charge is 0.369 e. The van der Waals surface area contributed by atoms with Gasteiger partial charge >= 0.3 is 0 Å². The smallest absolute Gasteiger partial charge is 0.133 e. The highest BCUT2D eigenvalue weighted by Crippen LogP contribution is 2.43. The minimum absolute atomic E-state index is 0.463. The monoisotopic (exact) mass is 249 g/mol. The molecule has 0 aliphatic heterocycles. The molecule has 17 heavy (non-hydrogen) atoms. The van der Waals surface area contributed by atoms with Crippen LogP contribution in [0.5, 0.6) is 0 Å². The SMILES string of the molecule is CSC1(CNc2ccnc(C3CC3)n2)CCC1. The Morgan fingerprint density at radius 3 is 2.88 bits per heavy atom. The van der Waals surface area contributed by atoms with Crippen molar-refractivity contribution < 1.29 is 0 Å². The van der Waals surface area contributed by atoms with Gasteiger partial charge < -0.3 is 5.32 Å². The van der Waals surface area contributed by atoms with E-state index in [2.05, 4.69) is 21.5 Å². The first-order chi connectivity index (χ1) is 8.31. The second kappa shape index (κ2) is 4.48. The molecular weight excluding hydrogens is 230 g/mol. The minimum Gasteiger partial charge on any atom is -0.369 e. The topological polar surface area (TPSA) is 37.8 Å². The van der Waals surface area contributed by atoms with Crippen LogP contribution in [0.25, 0.3) is 0 Å². The molecule has 3 nitrogen and oxygen atoms in total. The van der Waals surface area contributed by atoms with Crippen molar-refractivity contribution in [2.45, 2.75) is 42.8 Å². The highest BCUT2D eigenvalue weighted by atomic mass is 32.2. The van der Waals surface area contributed by atoms with E-state index >= 15 is 0 Å². The van der Waals surface area contributed by atoms with Crippen molar-refractivity contribution >= 4 is 17.6 Å². The average molecular weight is 249 g/mol. The summed E-state index contributed by atoms with van der Waals surface area (Å²) in [6, 6.07) is 1.98.